The Morgan fingerprint density at radius 3 is 2.64 bits per heavy atom. The van der Waals surface area contributed by atoms with E-state index in [1.807, 2.05) is 24.3 Å². The van der Waals surface area contributed by atoms with E-state index in [1.165, 1.54) is 0 Å². The van der Waals surface area contributed by atoms with Crippen LogP contribution in [0.4, 0.5) is 11.8 Å². The molecule has 0 amide bonds. The first-order chi connectivity index (χ1) is 12.3. The lowest BCUT2D eigenvalue weighted by atomic mass is 10.2. The van der Waals surface area contributed by atoms with Gasteiger partial charge in [-0.15, -0.1) is 0 Å². The summed E-state index contributed by atoms with van der Waals surface area (Å²) in [7, 11) is 0. The molecule has 0 aliphatic carbocycles. The minimum atomic E-state index is 0.497. The van der Waals surface area contributed by atoms with Gasteiger partial charge in [-0.25, -0.2) is 9.97 Å². The first kappa shape index (κ1) is 15.4. The minimum absolute atomic E-state index is 0.497. The number of nitrogens with one attached hydrogen (secondary N) is 4. The molecule has 25 heavy (non-hydrogen) atoms. The van der Waals surface area contributed by atoms with Crippen LogP contribution in [0.3, 0.4) is 0 Å². The van der Waals surface area contributed by atoms with Crippen LogP contribution in [0.2, 0.25) is 5.02 Å². The van der Waals surface area contributed by atoms with Crippen LogP contribution in [0.5, 0.6) is 0 Å². The molecule has 126 valence electrons. The van der Waals surface area contributed by atoms with Gasteiger partial charge in [0.15, 0.2) is 11.5 Å². The van der Waals surface area contributed by atoms with Gasteiger partial charge in [-0.1, -0.05) is 23.7 Å². The lowest BCUT2D eigenvalue weighted by Crippen LogP contribution is -2.08. The van der Waals surface area contributed by atoms with Crippen molar-refractivity contribution in [1.29, 1.82) is 0 Å². The molecular formula is C16H15ClN8. The Bertz CT molecular complexity index is 962. The summed E-state index contributed by atoms with van der Waals surface area (Å²) in [4.78, 5) is 23.5. The van der Waals surface area contributed by atoms with E-state index in [2.05, 4.69) is 40.5 Å². The summed E-state index contributed by atoms with van der Waals surface area (Å²) in [6.45, 7) is 1.11. The first-order valence-corrected chi connectivity index (χ1v) is 8.07. The molecule has 3 heterocycles. The molecule has 0 aliphatic rings. The smallest absolute Gasteiger partial charge is 0.227 e. The Balaban J connectivity index is 1.53. The molecule has 0 saturated carbocycles. The van der Waals surface area contributed by atoms with Gasteiger partial charge in [0.25, 0.3) is 0 Å². The Labute approximate surface area is 148 Å². The van der Waals surface area contributed by atoms with Gasteiger partial charge in [0.05, 0.1) is 12.9 Å². The lowest BCUT2D eigenvalue weighted by molar-refractivity contribution is 0.982. The van der Waals surface area contributed by atoms with E-state index in [0.717, 1.165) is 16.9 Å². The number of hydrogen-bond acceptors (Lipinski definition) is 6. The molecule has 3 aromatic heterocycles. The van der Waals surface area contributed by atoms with Gasteiger partial charge in [0.1, 0.15) is 11.3 Å². The predicted molar refractivity (Wildman–Crippen MR) is 96.4 cm³/mol. The maximum Gasteiger partial charge on any atom is 0.227 e. The zero-order valence-electron chi connectivity index (χ0n) is 13.1. The van der Waals surface area contributed by atoms with Gasteiger partial charge in [-0.2, -0.15) is 9.97 Å². The minimum Gasteiger partial charge on any atom is -0.361 e. The van der Waals surface area contributed by atoms with Crippen molar-refractivity contribution in [2.75, 3.05) is 10.6 Å². The third-order valence-corrected chi connectivity index (χ3v) is 3.88. The topological polar surface area (TPSA) is 107 Å². The summed E-state index contributed by atoms with van der Waals surface area (Å²) in [5.74, 6) is 1.98. The molecule has 0 spiro atoms. The fourth-order valence-corrected chi connectivity index (χ4v) is 2.51. The number of nitrogens with zero attached hydrogens (tertiary/aromatic N) is 4. The third kappa shape index (κ3) is 3.53. The van der Waals surface area contributed by atoms with Crippen LogP contribution in [0, 0.1) is 0 Å². The van der Waals surface area contributed by atoms with Gasteiger partial charge in [0.2, 0.25) is 5.95 Å². The van der Waals surface area contributed by atoms with Crippen LogP contribution in [-0.2, 0) is 13.1 Å². The molecule has 0 fully saturated rings. The molecule has 4 N–H and O–H groups in total. The van der Waals surface area contributed by atoms with Crippen LogP contribution in [-0.4, -0.2) is 29.9 Å². The summed E-state index contributed by atoms with van der Waals surface area (Å²) >= 11 is 5.91. The van der Waals surface area contributed by atoms with Crippen molar-refractivity contribution in [3.05, 3.63) is 59.4 Å². The van der Waals surface area contributed by atoms with Crippen molar-refractivity contribution < 1.29 is 0 Å². The van der Waals surface area contributed by atoms with E-state index >= 15 is 0 Å². The number of halogens is 1. The van der Waals surface area contributed by atoms with Crippen molar-refractivity contribution in [1.82, 2.24) is 29.9 Å². The van der Waals surface area contributed by atoms with Crippen LogP contribution in [0.25, 0.3) is 11.2 Å². The quantitative estimate of drug-likeness (QED) is 0.424. The number of fused-ring (bicyclic) bond motifs is 1. The second-order valence-electron chi connectivity index (χ2n) is 5.37. The molecule has 0 radical (unpaired) electrons. The lowest BCUT2D eigenvalue weighted by Gasteiger charge is -2.09. The number of aromatic amines is 2. The largest absolute Gasteiger partial charge is 0.361 e. The molecular weight excluding hydrogens is 340 g/mol. The Hall–Kier alpha value is -3.13. The Morgan fingerprint density at radius 1 is 0.960 bits per heavy atom. The molecule has 0 aliphatic heterocycles. The summed E-state index contributed by atoms with van der Waals surface area (Å²) < 4.78 is 0. The highest BCUT2D eigenvalue weighted by molar-refractivity contribution is 6.30. The maximum atomic E-state index is 5.91. The molecule has 0 bridgehead atoms. The zero-order chi connectivity index (χ0) is 17.1. The standard InChI is InChI=1S/C16H15ClN8/c17-11-3-1-10(2-4-11)7-21-16-24-14(13-15(25-16)23-9-22-13)20-8-12-18-5-6-19-12/h1-6,9H,7-8H2,(H,18,19)(H3,20,21,22,23,24,25). The van der Waals surface area contributed by atoms with Gasteiger partial charge < -0.3 is 20.6 Å². The molecule has 0 saturated heterocycles. The Morgan fingerprint density at radius 2 is 1.84 bits per heavy atom. The fourth-order valence-electron chi connectivity index (χ4n) is 2.39. The average Bonchev–Trinajstić information content (AvgIpc) is 3.30. The summed E-state index contributed by atoms with van der Waals surface area (Å²) in [5, 5.41) is 7.17. The molecule has 1 aromatic carbocycles. The predicted octanol–water partition coefficient (Wildman–Crippen LogP) is 2.95. The highest BCUT2D eigenvalue weighted by atomic mass is 35.5. The van der Waals surface area contributed by atoms with Gasteiger partial charge >= 0.3 is 0 Å². The number of imidazole rings is 2. The van der Waals surface area contributed by atoms with Gasteiger partial charge in [0, 0.05) is 24.0 Å². The summed E-state index contributed by atoms with van der Waals surface area (Å²) in [6.07, 6.45) is 5.09. The number of hydrogen-bond donors (Lipinski definition) is 4. The van der Waals surface area contributed by atoms with Gasteiger partial charge in [-0.05, 0) is 17.7 Å². The number of anilines is 2. The van der Waals surface area contributed by atoms with E-state index in [9.17, 15) is 0 Å². The first-order valence-electron chi connectivity index (χ1n) is 7.69. The second kappa shape index (κ2) is 6.78. The van der Waals surface area contributed by atoms with E-state index in [0.29, 0.717) is 35.5 Å². The highest BCUT2D eigenvalue weighted by Gasteiger charge is 2.10. The normalized spacial score (nSPS) is 10.9. The van der Waals surface area contributed by atoms with Crippen LogP contribution < -0.4 is 10.6 Å². The third-order valence-electron chi connectivity index (χ3n) is 3.63. The number of benzene rings is 1. The zero-order valence-corrected chi connectivity index (χ0v) is 13.9. The van der Waals surface area contributed by atoms with Crippen molar-refractivity contribution >= 4 is 34.5 Å². The van der Waals surface area contributed by atoms with Crippen LogP contribution >= 0.6 is 11.6 Å². The van der Waals surface area contributed by atoms with Gasteiger partial charge in [-0.3, -0.25) is 0 Å². The molecule has 8 nitrogen and oxygen atoms in total. The second-order valence-corrected chi connectivity index (χ2v) is 5.80. The Kier molecular flexibility index (Phi) is 4.17. The van der Waals surface area contributed by atoms with E-state index < -0.39 is 0 Å². The van der Waals surface area contributed by atoms with Crippen molar-refractivity contribution in [2.45, 2.75) is 13.1 Å². The van der Waals surface area contributed by atoms with E-state index in [1.54, 1.807) is 18.7 Å². The molecule has 0 unspecified atom stereocenters. The van der Waals surface area contributed by atoms with E-state index in [4.69, 9.17) is 11.6 Å². The molecule has 9 heteroatoms. The van der Waals surface area contributed by atoms with Crippen LogP contribution in [0.15, 0.2) is 43.0 Å². The average molecular weight is 355 g/mol. The van der Waals surface area contributed by atoms with Crippen molar-refractivity contribution in [3.63, 3.8) is 0 Å². The summed E-state index contributed by atoms with van der Waals surface area (Å²) in [5.41, 5.74) is 2.43. The monoisotopic (exact) mass is 354 g/mol. The highest BCUT2D eigenvalue weighted by Crippen LogP contribution is 2.19. The van der Waals surface area contributed by atoms with Crippen molar-refractivity contribution in [3.8, 4) is 0 Å². The molecule has 0 atom stereocenters. The summed E-state index contributed by atoms with van der Waals surface area (Å²) in [6, 6.07) is 7.62. The van der Waals surface area contributed by atoms with Crippen molar-refractivity contribution in [2.24, 2.45) is 0 Å². The number of aromatic nitrogens is 6. The number of H-pyrrole nitrogens is 2. The molecule has 4 rings (SSSR count). The SMILES string of the molecule is Clc1ccc(CNc2nc(NCc3ncc[nH]3)c3[nH]cnc3n2)cc1. The fraction of sp³-hybridized carbons (Fsp3) is 0.125. The van der Waals surface area contributed by atoms with Crippen LogP contribution in [0.1, 0.15) is 11.4 Å². The number of rotatable bonds is 6. The molecule has 4 aromatic rings. The van der Waals surface area contributed by atoms with E-state index in [-0.39, 0.29) is 0 Å². The maximum absolute atomic E-state index is 5.91.